The molecule has 1 aromatic carbocycles. The number of rotatable bonds is 17. The van der Waals surface area contributed by atoms with E-state index >= 15 is 0 Å². The van der Waals surface area contributed by atoms with E-state index in [2.05, 4.69) is 20.8 Å². The Bertz CT molecular complexity index is 647. The summed E-state index contributed by atoms with van der Waals surface area (Å²) in [4.78, 5) is -0.178. The zero-order chi connectivity index (χ0) is 24.3. The first-order valence-electron chi connectivity index (χ1n) is 12.7. The SMILES string of the molecule is CCCCCC[N+](CCO)(CCCCC)CCCCCC.Cc1ccc(S(=O)(=O)[O-])cc1. The molecule has 0 aliphatic carbocycles. The molecule has 0 unspecified atom stereocenters. The molecule has 0 aliphatic rings. The summed E-state index contributed by atoms with van der Waals surface area (Å²) in [6.45, 7) is 13.9. The number of hydrogen-bond acceptors (Lipinski definition) is 4. The van der Waals surface area contributed by atoms with Crippen LogP contribution >= 0.6 is 0 Å². The first-order valence-corrected chi connectivity index (χ1v) is 14.1. The van der Waals surface area contributed by atoms with Gasteiger partial charge in [-0.3, -0.25) is 0 Å². The molecule has 0 heterocycles. The van der Waals surface area contributed by atoms with Crippen molar-refractivity contribution in [3.8, 4) is 0 Å². The van der Waals surface area contributed by atoms with E-state index in [4.69, 9.17) is 0 Å². The highest BCUT2D eigenvalue weighted by atomic mass is 32.2. The van der Waals surface area contributed by atoms with Gasteiger partial charge in [-0.2, -0.15) is 0 Å². The van der Waals surface area contributed by atoms with Gasteiger partial charge in [0.1, 0.15) is 16.7 Å². The molecule has 0 spiro atoms. The van der Waals surface area contributed by atoms with Gasteiger partial charge >= 0.3 is 0 Å². The maximum Gasteiger partial charge on any atom is 0.124 e. The van der Waals surface area contributed by atoms with Crippen LogP contribution in [0.1, 0.15) is 97.0 Å². The van der Waals surface area contributed by atoms with Crippen molar-refractivity contribution in [2.45, 2.75) is 103 Å². The van der Waals surface area contributed by atoms with Crippen molar-refractivity contribution in [2.24, 2.45) is 0 Å². The first-order chi connectivity index (χ1) is 15.2. The Kier molecular flexibility index (Phi) is 17.9. The third kappa shape index (κ3) is 15.0. The lowest BCUT2D eigenvalue weighted by molar-refractivity contribution is -0.929. The van der Waals surface area contributed by atoms with Crippen molar-refractivity contribution >= 4 is 10.1 Å². The molecule has 0 bridgehead atoms. The summed E-state index contributed by atoms with van der Waals surface area (Å²) in [5.74, 6) is 0. The molecule has 32 heavy (non-hydrogen) atoms. The maximum absolute atomic E-state index is 10.4. The number of nitrogens with zero attached hydrogens (tertiary/aromatic N) is 1. The highest BCUT2D eigenvalue weighted by Crippen LogP contribution is 2.17. The number of quaternary nitrogens is 1. The van der Waals surface area contributed by atoms with Crippen molar-refractivity contribution in [1.82, 2.24) is 0 Å². The Morgan fingerprint density at radius 3 is 1.50 bits per heavy atom. The molecule has 0 fully saturated rings. The zero-order valence-electron chi connectivity index (χ0n) is 21.2. The van der Waals surface area contributed by atoms with Gasteiger partial charge in [0.25, 0.3) is 0 Å². The van der Waals surface area contributed by atoms with Crippen molar-refractivity contribution in [3.05, 3.63) is 29.8 Å². The van der Waals surface area contributed by atoms with Crippen molar-refractivity contribution < 1.29 is 22.6 Å². The van der Waals surface area contributed by atoms with Gasteiger partial charge in [-0.05, 0) is 57.6 Å². The van der Waals surface area contributed by atoms with Crippen LogP contribution in [0, 0.1) is 6.92 Å². The molecule has 1 N–H and O–H groups in total. The van der Waals surface area contributed by atoms with Crippen LogP contribution in [0.5, 0.6) is 0 Å². The average Bonchev–Trinajstić information content (AvgIpc) is 2.75. The van der Waals surface area contributed by atoms with Crippen LogP contribution in [0.4, 0.5) is 0 Å². The van der Waals surface area contributed by atoms with Gasteiger partial charge in [-0.15, -0.1) is 0 Å². The molecule has 1 aromatic rings. The predicted molar refractivity (Wildman–Crippen MR) is 134 cm³/mol. The molecule has 188 valence electrons. The maximum atomic E-state index is 10.4. The van der Waals surface area contributed by atoms with E-state index in [0.717, 1.165) is 12.1 Å². The first kappa shape index (κ1) is 31.0. The Balaban J connectivity index is 0.000000726. The summed E-state index contributed by atoms with van der Waals surface area (Å²) < 4.78 is 32.4. The van der Waals surface area contributed by atoms with Crippen molar-refractivity contribution in [1.29, 1.82) is 0 Å². The molecule has 5 nitrogen and oxygen atoms in total. The molecule has 1 rings (SSSR count). The summed E-state index contributed by atoms with van der Waals surface area (Å²) >= 11 is 0. The third-order valence-electron chi connectivity index (χ3n) is 6.09. The topological polar surface area (TPSA) is 77.4 Å². The van der Waals surface area contributed by atoms with Crippen LogP contribution in [0.25, 0.3) is 0 Å². The lowest BCUT2D eigenvalue weighted by atomic mass is 10.1. The largest absolute Gasteiger partial charge is 0.744 e. The van der Waals surface area contributed by atoms with Crippen LogP contribution in [0.15, 0.2) is 29.2 Å². The summed E-state index contributed by atoms with van der Waals surface area (Å²) in [6.07, 6.45) is 14.7. The van der Waals surface area contributed by atoms with Gasteiger partial charge in [0, 0.05) is 0 Å². The normalized spacial score (nSPS) is 11.8. The Hall–Kier alpha value is -0.950. The second-order valence-corrected chi connectivity index (χ2v) is 10.4. The van der Waals surface area contributed by atoms with Gasteiger partial charge in [-0.25, -0.2) is 8.42 Å². The fourth-order valence-electron chi connectivity index (χ4n) is 4.03. The summed E-state index contributed by atoms with van der Waals surface area (Å²) in [5, 5.41) is 9.55. The fourth-order valence-corrected chi connectivity index (χ4v) is 4.50. The lowest BCUT2D eigenvalue weighted by Crippen LogP contribution is -2.51. The number of hydrogen-bond donors (Lipinski definition) is 1. The third-order valence-corrected chi connectivity index (χ3v) is 6.94. The summed E-state index contributed by atoms with van der Waals surface area (Å²) in [7, 11) is -4.27. The highest BCUT2D eigenvalue weighted by molar-refractivity contribution is 7.85. The standard InChI is InChI=1S/C19H42NO.C7H8O3S/c1-4-7-10-13-16-20(18-19-21,15-12-9-6-3)17-14-11-8-5-2;1-6-2-4-7(5-3-6)11(8,9)10/h21H,4-19H2,1-3H3;2-5H,1H3,(H,8,9,10)/q+1;/p-1. The molecule has 0 aliphatic heterocycles. The van der Waals surface area contributed by atoms with Crippen LogP contribution < -0.4 is 0 Å². The monoisotopic (exact) mass is 471 g/mol. The van der Waals surface area contributed by atoms with E-state index in [-0.39, 0.29) is 4.90 Å². The Morgan fingerprint density at radius 2 is 1.12 bits per heavy atom. The molecule has 0 amide bonds. The average molecular weight is 472 g/mol. The summed E-state index contributed by atoms with van der Waals surface area (Å²) in [6, 6.07) is 5.78. The number of aliphatic hydroxyl groups is 1. The van der Waals surface area contributed by atoms with E-state index in [1.807, 2.05) is 6.92 Å². The van der Waals surface area contributed by atoms with Crippen molar-refractivity contribution in [3.63, 3.8) is 0 Å². The second kappa shape index (κ2) is 18.5. The van der Waals surface area contributed by atoms with E-state index in [1.165, 1.54) is 107 Å². The fraction of sp³-hybridized carbons (Fsp3) is 0.769. The molecule has 0 saturated heterocycles. The molecule has 0 saturated carbocycles. The van der Waals surface area contributed by atoms with Crippen molar-refractivity contribution in [2.75, 3.05) is 32.8 Å². The highest BCUT2D eigenvalue weighted by Gasteiger charge is 2.25. The van der Waals surface area contributed by atoms with E-state index in [0.29, 0.717) is 6.61 Å². The number of benzene rings is 1. The minimum Gasteiger partial charge on any atom is -0.744 e. The van der Waals surface area contributed by atoms with Crippen LogP contribution in [0.2, 0.25) is 0 Å². The van der Waals surface area contributed by atoms with E-state index in [9.17, 15) is 18.1 Å². The molecular formula is C26H49NO4S. The minimum absolute atomic E-state index is 0.178. The molecule has 0 atom stereocenters. The van der Waals surface area contributed by atoms with Crippen LogP contribution in [0.3, 0.4) is 0 Å². The quantitative estimate of drug-likeness (QED) is 0.170. The Labute approximate surface area is 198 Å². The molecular weight excluding hydrogens is 422 g/mol. The molecule has 6 heteroatoms. The number of unbranched alkanes of at least 4 members (excludes halogenated alkanes) is 8. The minimum atomic E-state index is -4.27. The Morgan fingerprint density at radius 1 is 0.719 bits per heavy atom. The molecule has 0 aromatic heterocycles. The van der Waals surface area contributed by atoms with Crippen LogP contribution in [-0.4, -0.2) is 55.3 Å². The summed E-state index contributed by atoms with van der Waals surface area (Å²) in [5.41, 5.74) is 0.928. The lowest BCUT2D eigenvalue weighted by Gasteiger charge is -2.39. The number of aliphatic hydroxyl groups excluding tert-OH is 1. The van der Waals surface area contributed by atoms with Gasteiger partial charge in [0.2, 0.25) is 0 Å². The predicted octanol–water partition coefficient (Wildman–Crippen LogP) is 6.05. The van der Waals surface area contributed by atoms with E-state index in [1.54, 1.807) is 12.1 Å². The molecule has 0 radical (unpaired) electrons. The van der Waals surface area contributed by atoms with Gasteiger partial charge in [0.15, 0.2) is 0 Å². The second-order valence-electron chi connectivity index (χ2n) is 9.06. The van der Waals surface area contributed by atoms with Gasteiger partial charge < -0.3 is 14.1 Å². The van der Waals surface area contributed by atoms with E-state index < -0.39 is 10.1 Å². The smallest absolute Gasteiger partial charge is 0.124 e. The van der Waals surface area contributed by atoms with Crippen LogP contribution in [-0.2, 0) is 10.1 Å². The number of aryl methyl sites for hydroxylation is 1. The van der Waals surface area contributed by atoms with Gasteiger partial charge in [0.05, 0.1) is 31.1 Å². The zero-order valence-corrected chi connectivity index (χ0v) is 22.0. The van der Waals surface area contributed by atoms with Gasteiger partial charge in [-0.1, -0.05) is 70.6 Å².